The van der Waals surface area contributed by atoms with Gasteiger partial charge in [-0.15, -0.1) is 0 Å². The molecule has 0 spiro atoms. The van der Waals surface area contributed by atoms with Gasteiger partial charge in [-0.05, 0) is 31.0 Å². The maximum atomic E-state index is 5.79. The second kappa shape index (κ2) is 12.1. The van der Waals surface area contributed by atoms with Gasteiger partial charge in [0.05, 0.1) is 12.7 Å². The van der Waals surface area contributed by atoms with Gasteiger partial charge < -0.3 is 25.0 Å². The van der Waals surface area contributed by atoms with Gasteiger partial charge in [0.2, 0.25) is 0 Å². The summed E-state index contributed by atoms with van der Waals surface area (Å²) >= 11 is 0. The van der Waals surface area contributed by atoms with Gasteiger partial charge in [-0.1, -0.05) is 24.3 Å². The van der Waals surface area contributed by atoms with Crippen LogP contribution in [0, 0.1) is 0 Å². The van der Waals surface area contributed by atoms with Crippen molar-refractivity contribution in [3.8, 4) is 0 Å². The van der Waals surface area contributed by atoms with E-state index in [1.165, 1.54) is 11.1 Å². The zero-order valence-corrected chi connectivity index (χ0v) is 18.0. The van der Waals surface area contributed by atoms with E-state index in [-0.39, 0.29) is 6.10 Å². The summed E-state index contributed by atoms with van der Waals surface area (Å²) in [6, 6.07) is 8.91. The van der Waals surface area contributed by atoms with Crippen LogP contribution in [0.1, 0.15) is 24.0 Å². The van der Waals surface area contributed by atoms with Crippen LogP contribution in [0.25, 0.3) is 0 Å². The number of guanidine groups is 1. The molecule has 2 aliphatic rings. The average Bonchev–Trinajstić information content (AvgIpc) is 3.26. The lowest BCUT2D eigenvalue weighted by atomic mass is 10.1. The number of piperazine rings is 1. The molecule has 0 bridgehead atoms. The molecule has 7 nitrogen and oxygen atoms in total. The molecule has 7 heteroatoms. The number of nitrogens with one attached hydrogen (secondary N) is 2. The van der Waals surface area contributed by atoms with Gasteiger partial charge in [0.15, 0.2) is 5.96 Å². The van der Waals surface area contributed by atoms with Crippen LogP contribution < -0.4 is 10.6 Å². The van der Waals surface area contributed by atoms with Crippen LogP contribution in [0.15, 0.2) is 29.3 Å². The highest BCUT2D eigenvalue weighted by Crippen LogP contribution is 2.10. The zero-order valence-electron chi connectivity index (χ0n) is 18.0. The highest BCUT2D eigenvalue weighted by molar-refractivity contribution is 5.79. The van der Waals surface area contributed by atoms with Gasteiger partial charge in [-0.25, -0.2) is 0 Å². The van der Waals surface area contributed by atoms with Crippen LogP contribution in [-0.2, 0) is 22.6 Å². The molecule has 2 aliphatic heterocycles. The number of hydrogen-bond acceptors (Lipinski definition) is 5. The fourth-order valence-corrected chi connectivity index (χ4v) is 3.61. The third-order valence-electron chi connectivity index (χ3n) is 5.56. The van der Waals surface area contributed by atoms with Crippen LogP contribution in [0.5, 0.6) is 0 Å². The maximum Gasteiger partial charge on any atom is 0.191 e. The lowest BCUT2D eigenvalue weighted by Gasteiger charge is -2.32. The van der Waals surface area contributed by atoms with Crippen molar-refractivity contribution in [2.24, 2.45) is 4.99 Å². The van der Waals surface area contributed by atoms with Crippen LogP contribution >= 0.6 is 0 Å². The summed E-state index contributed by atoms with van der Waals surface area (Å²) in [7, 11) is 4.00. The zero-order chi connectivity index (χ0) is 20.3. The van der Waals surface area contributed by atoms with Crippen LogP contribution in [0.4, 0.5) is 0 Å². The fourth-order valence-electron chi connectivity index (χ4n) is 3.61. The van der Waals surface area contributed by atoms with Crippen LogP contribution in [0.3, 0.4) is 0 Å². The third-order valence-corrected chi connectivity index (χ3v) is 5.56. The number of rotatable bonds is 9. The van der Waals surface area contributed by atoms with Crippen molar-refractivity contribution >= 4 is 5.96 Å². The van der Waals surface area contributed by atoms with Gasteiger partial charge in [-0.2, -0.15) is 0 Å². The lowest BCUT2D eigenvalue weighted by Crippen LogP contribution is -2.43. The summed E-state index contributed by atoms with van der Waals surface area (Å²) in [5, 5.41) is 6.74. The van der Waals surface area contributed by atoms with Gasteiger partial charge in [0, 0.05) is 66.1 Å². The first kappa shape index (κ1) is 22.0. The molecule has 2 fully saturated rings. The van der Waals surface area contributed by atoms with E-state index in [4.69, 9.17) is 9.47 Å². The monoisotopic (exact) mass is 403 g/mol. The molecule has 2 N–H and O–H groups in total. The van der Waals surface area contributed by atoms with E-state index in [1.54, 1.807) is 7.05 Å². The molecule has 1 aromatic rings. The Labute approximate surface area is 175 Å². The van der Waals surface area contributed by atoms with E-state index < -0.39 is 0 Å². The molecule has 0 aromatic heterocycles. The minimum absolute atomic E-state index is 0.284. The van der Waals surface area contributed by atoms with Crippen molar-refractivity contribution in [2.45, 2.75) is 32.0 Å². The number of nitrogens with zero attached hydrogens (tertiary/aromatic N) is 3. The second-order valence-electron chi connectivity index (χ2n) is 7.96. The molecule has 29 heavy (non-hydrogen) atoms. The van der Waals surface area contributed by atoms with Gasteiger partial charge in [0.1, 0.15) is 0 Å². The molecular weight excluding hydrogens is 366 g/mol. The lowest BCUT2D eigenvalue weighted by molar-refractivity contribution is 0.0420. The Morgan fingerprint density at radius 3 is 2.59 bits per heavy atom. The number of ether oxygens (including phenoxy) is 2. The first-order valence-electron chi connectivity index (χ1n) is 10.9. The van der Waals surface area contributed by atoms with Crippen molar-refractivity contribution in [1.82, 2.24) is 20.4 Å². The molecule has 0 radical (unpaired) electrons. The molecule has 2 saturated heterocycles. The van der Waals surface area contributed by atoms with E-state index in [0.717, 1.165) is 84.4 Å². The molecule has 3 rings (SSSR count). The Morgan fingerprint density at radius 1 is 1.14 bits per heavy atom. The smallest absolute Gasteiger partial charge is 0.191 e. The van der Waals surface area contributed by atoms with Gasteiger partial charge in [-0.3, -0.25) is 9.89 Å². The molecule has 1 aromatic carbocycles. The Morgan fingerprint density at radius 2 is 1.90 bits per heavy atom. The predicted octanol–water partition coefficient (Wildman–Crippen LogP) is 1.29. The molecule has 0 aliphatic carbocycles. The summed E-state index contributed by atoms with van der Waals surface area (Å²) in [5.74, 6) is 0.829. The van der Waals surface area contributed by atoms with Gasteiger partial charge >= 0.3 is 0 Å². The minimum Gasteiger partial charge on any atom is -0.379 e. The Balaban J connectivity index is 1.30. The maximum absolute atomic E-state index is 5.79. The van der Waals surface area contributed by atoms with Crippen molar-refractivity contribution in [3.05, 3.63) is 35.4 Å². The van der Waals surface area contributed by atoms with E-state index in [2.05, 4.69) is 56.7 Å². The standard InChI is InChI=1S/C22H37N5O2/c1-23-22(24-9-3-14-29-21-8-15-28-18-21)25-16-19-4-6-20(7-5-19)17-27-12-10-26(2)11-13-27/h4-7,21H,3,8-18H2,1-2H3,(H2,23,24,25). The topological polar surface area (TPSA) is 61.4 Å². The highest BCUT2D eigenvalue weighted by atomic mass is 16.5. The van der Waals surface area contributed by atoms with E-state index >= 15 is 0 Å². The van der Waals surface area contributed by atoms with Crippen molar-refractivity contribution in [3.63, 3.8) is 0 Å². The van der Waals surface area contributed by atoms with Crippen LogP contribution in [-0.4, -0.2) is 88.5 Å². The number of aliphatic imine (C=N–C) groups is 1. The fraction of sp³-hybridized carbons (Fsp3) is 0.682. The molecule has 0 amide bonds. The number of hydrogen-bond donors (Lipinski definition) is 2. The average molecular weight is 404 g/mol. The first-order valence-corrected chi connectivity index (χ1v) is 10.9. The van der Waals surface area contributed by atoms with Crippen molar-refractivity contribution in [2.75, 3.05) is 66.6 Å². The Kier molecular flexibility index (Phi) is 9.21. The molecular formula is C22H37N5O2. The SMILES string of the molecule is CN=C(NCCCOC1CCOC1)NCc1ccc(CN2CCN(C)CC2)cc1. The Bertz CT molecular complexity index is 608. The van der Waals surface area contributed by atoms with Gasteiger partial charge in [0.25, 0.3) is 0 Å². The Hall–Kier alpha value is -1.67. The highest BCUT2D eigenvalue weighted by Gasteiger charge is 2.15. The van der Waals surface area contributed by atoms with Crippen molar-refractivity contribution < 1.29 is 9.47 Å². The van der Waals surface area contributed by atoms with Crippen LogP contribution in [0.2, 0.25) is 0 Å². The van der Waals surface area contributed by atoms with Crippen molar-refractivity contribution in [1.29, 1.82) is 0 Å². The molecule has 1 unspecified atom stereocenters. The number of benzene rings is 1. The third kappa shape index (κ3) is 7.93. The van der Waals surface area contributed by atoms with E-state index in [1.807, 2.05) is 0 Å². The number of likely N-dealkylation sites (N-methyl/N-ethyl adjacent to an activating group) is 1. The summed E-state index contributed by atoms with van der Waals surface area (Å²) in [5.41, 5.74) is 2.65. The minimum atomic E-state index is 0.284. The molecule has 1 atom stereocenters. The molecule has 2 heterocycles. The summed E-state index contributed by atoms with van der Waals surface area (Å²) in [6.07, 6.45) is 2.26. The predicted molar refractivity (Wildman–Crippen MR) is 117 cm³/mol. The van der Waals surface area contributed by atoms with E-state index in [9.17, 15) is 0 Å². The summed E-state index contributed by atoms with van der Waals surface area (Å²) in [4.78, 5) is 9.23. The van der Waals surface area contributed by atoms with E-state index in [0.29, 0.717) is 0 Å². The molecule has 0 saturated carbocycles. The summed E-state index contributed by atoms with van der Waals surface area (Å²) in [6.45, 7) is 9.61. The largest absolute Gasteiger partial charge is 0.379 e. The normalized spacial score (nSPS) is 21.4. The first-order chi connectivity index (χ1) is 14.2. The molecule has 162 valence electrons. The quantitative estimate of drug-likeness (QED) is 0.368. The second-order valence-corrected chi connectivity index (χ2v) is 7.96. The summed E-state index contributed by atoms with van der Waals surface area (Å²) < 4.78 is 11.1.